The van der Waals surface area contributed by atoms with Gasteiger partial charge in [-0.25, -0.2) is 4.79 Å². The molecule has 0 amide bonds. The van der Waals surface area contributed by atoms with Gasteiger partial charge in [0.1, 0.15) is 0 Å². The number of nitro groups is 1. The highest BCUT2D eigenvalue weighted by molar-refractivity contribution is 6.09. The Balaban J connectivity index is 0.000000211. The zero-order valence-corrected chi connectivity index (χ0v) is 20.1. The lowest BCUT2D eigenvalue weighted by atomic mass is 9.80. The topological polar surface area (TPSA) is 147 Å². The van der Waals surface area contributed by atoms with E-state index >= 15 is 0 Å². The standard InChI is InChI=1S/C13H9NO3.C9H10O4.C5H11N/c15-13(10-4-2-1-3-5-10)11-6-8-12(9-7-11)14(16)17;1-9(8(12)13)4-2-3-6(5-9)7(10)11;1-2-4-6-5-3-1/h1-9H;2-4H,5H2,1H3,(H,10,11)(H,12,13);6H,1-5H2. The normalized spacial score (nSPS) is 18.3. The van der Waals surface area contributed by atoms with Crippen LogP contribution in [0.5, 0.6) is 0 Å². The van der Waals surface area contributed by atoms with Crippen LogP contribution < -0.4 is 5.32 Å². The molecule has 1 heterocycles. The lowest BCUT2D eigenvalue weighted by molar-refractivity contribution is -0.384. The Morgan fingerprint density at radius 2 is 1.50 bits per heavy atom. The van der Waals surface area contributed by atoms with Crippen LogP contribution in [0.25, 0.3) is 0 Å². The van der Waals surface area contributed by atoms with Crippen molar-refractivity contribution in [2.24, 2.45) is 5.41 Å². The van der Waals surface area contributed by atoms with Crippen LogP contribution in [-0.2, 0) is 9.59 Å². The highest BCUT2D eigenvalue weighted by Crippen LogP contribution is 2.31. The van der Waals surface area contributed by atoms with E-state index in [1.807, 2.05) is 6.07 Å². The first-order valence-electron chi connectivity index (χ1n) is 11.5. The van der Waals surface area contributed by atoms with Gasteiger partial charge in [-0.15, -0.1) is 0 Å². The highest BCUT2D eigenvalue weighted by atomic mass is 16.6. The molecule has 9 heteroatoms. The summed E-state index contributed by atoms with van der Waals surface area (Å²) < 4.78 is 0. The van der Waals surface area contributed by atoms with Crippen LogP contribution in [0, 0.1) is 15.5 Å². The second-order valence-electron chi connectivity index (χ2n) is 8.57. The van der Waals surface area contributed by atoms with E-state index in [0.29, 0.717) is 11.1 Å². The summed E-state index contributed by atoms with van der Waals surface area (Å²) in [6.45, 7) is 4.00. The number of piperidine rings is 1. The molecule has 1 unspecified atom stereocenters. The number of allylic oxidation sites excluding steroid dienone is 2. The van der Waals surface area contributed by atoms with Crippen LogP contribution in [0.2, 0.25) is 0 Å². The van der Waals surface area contributed by atoms with Crippen molar-refractivity contribution in [2.45, 2.75) is 32.6 Å². The number of carbonyl (C=O) groups excluding carboxylic acids is 1. The van der Waals surface area contributed by atoms with Gasteiger partial charge in [0.2, 0.25) is 0 Å². The maximum absolute atomic E-state index is 12.0. The van der Waals surface area contributed by atoms with E-state index in [1.165, 1.54) is 81.8 Å². The van der Waals surface area contributed by atoms with Crippen LogP contribution in [-0.4, -0.2) is 45.9 Å². The third kappa shape index (κ3) is 8.59. The number of nitrogens with zero attached hydrogens (tertiary/aromatic N) is 1. The molecule has 4 rings (SSSR count). The Labute approximate surface area is 209 Å². The zero-order valence-electron chi connectivity index (χ0n) is 20.1. The molecular weight excluding hydrogens is 464 g/mol. The molecule has 0 aromatic heterocycles. The lowest BCUT2D eigenvalue weighted by Crippen LogP contribution is -2.28. The predicted octanol–water partition coefficient (Wildman–Crippen LogP) is 4.63. The van der Waals surface area contributed by atoms with Crippen LogP contribution >= 0.6 is 0 Å². The fraction of sp³-hybridized carbons (Fsp3) is 0.296. The van der Waals surface area contributed by atoms with Crippen molar-refractivity contribution in [1.29, 1.82) is 0 Å². The lowest BCUT2D eigenvalue weighted by Gasteiger charge is -2.23. The summed E-state index contributed by atoms with van der Waals surface area (Å²) in [5, 5.41) is 31.2. The van der Waals surface area contributed by atoms with E-state index in [9.17, 15) is 24.5 Å². The van der Waals surface area contributed by atoms with E-state index in [-0.39, 0.29) is 23.5 Å². The van der Waals surface area contributed by atoms with Gasteiger partial charge in [0.15, 0.2) is 5.78 Å². The predicted molar refractivity (Wildman–Crippen MR) is 135 cm³/mol. The number of nitro benzene ring substituents is 1. The number of ketones is 1. The van der Waals surface area contributed by atoms with Crippen molar-refractivity contribution in [3.05, 3.63) is 99.6 Å². The van der Waals surface area contributed by atoms with Crippen molar-refractivity contribution in [3.63, 3.8) is 0 Å². The third-order valence-electron chi connectivity index (χ3n) is 5.67. The number of hydrogen-bond acceptors (Lipinski definition) is 6. The molecule has 2 aliphatic rings. The van der Waals surface area contributed by atoms with Crippen LogP contribution in [0.3, 0.4) is 0 Å². The molecule has 1 fully saturated rings. The van der Waals surface area contributed by atoms with Crippen molar-refractivity contribution in [1.82, 2.24) is 5.32 Å². The second kappa shape index (κ2) is 13.7. The number of carboxylic acid groups (broad SMARTS) is 2. The number of aliphatic carboxylic acids is 2. The molecule has 36 heavy (non-hydrogen) atoms. The van der Waals surface area contributed by atoms with E-state index in [4.69, 9.17) is 10.2 Å². The molecule has 0 radical (unpaired) electrons. The first-order valence-corrected chi connectivity index (χ1v) is 11.5. The highest BCUT2D eigenvalue weighted by Gasteiger charge is 2.34. The maximum atomic E-state index is 12.0. The van der Waals surface area contributed by atoms with E-state index in [0.717, 1.165) is 0 Å². The number of non-ortho nitro benzene ring substituents is 1. The molecule has 190 valence electrons. The number of hydrogen-bond donors (Lipinski definition) is 3. The van der Waals surface area contributed by atoms with Crippen LogP contribution in [0.4, 0.5) is 5.69 Å². The Hall–Kier alpha value is -4.11. The summed E-state index contributed by atoms with van der Waals surface area (Å²) in [6.07, 6.45) is 8.65. The number of carboxylic acids is 2. The fourth-order valence-electron chi connectivity index (χ4n) is 3.48. The molecule has 0 spiro atoms. The molecule has 1 atom stereocenters. The summed E-state index contributed by atoms with van der Waals surface area (Å²) in [6, 6.07) is 14.4. The number of rotatable bonds is 5. The summed E-state index contributed by atoms with van der Waals surface area (Å²) >= 11 is 0. The Bertz CT molecular complexity index is 1110. The second-order valence-corrected chi connectivity index (χ2v) is 8.57. The van der Waals surface area contributed by atoms with Crippen molar-refractivity contribution >= 4 is 23.4 Å². The molecule has 0 bridgehead atoms. The van der Waals surface area contributed by atoms with Crippen molar-refractivity contribution < 1.29 is 29.5 Å². The number of benzene rings is 2. The summed E-state index contributed by atoms with van der Waals surface area (Å²) in [7, 11) is 0. The average Bonchev–Trinajstić information content (AvgIpc) is 2.90. The molecule has 2 aromatic carbocycles. The smallest absolute Gasteiger partial charge is 0.331 e. The SMILES string of the molecule is C1CCNCC1.CC1(C(=O)O)C=CC=C(C(=O)O)C1.O=C(c1ccccc1)c1ccc([N+](=O)[O-])cc1. The fourth-order valence-corrected chi connectivity index (χ4v) is 3.48. The van der Waals surface area contributed by atoms with Gasteiger partial charge < -0.3 is 15.5 Å². The Morgan fingerprint density at radius 1 is 0.917 bits per heavy atom. The minimum atomic E-state index is -1.08. The molecule has 1 aliphatic carbocycles. The van der Waals surface area contributed by atoms with Crippen molar-refractivity contribution in [2.75, 3.05) is 13.1 Å². The van der Waals surface area contributed by atoms with Gasteiger partial charge >= 0.3 is 11.9 Å². The van der Waals surface area contributed by atoms with Crippen LogP contribution in [0.15, 0.2) is 78.4 Å². The molecular formula is C27H30N2O7. The van der Waals surface area contributed by atoms with Crippen LogP contribution in [0.1, 0.15) is 48.5 Å². The van der Waals surface area contributed by atoms with Crippen molar-refractivity contribution in [3.8, 4) is 0 Å². The molecule has 0 saturated carbocycles. The first kappa shape index (κ1) is 28.1. The molecule has 1 saturated heterocycles. The largest absolute Gasteiger partial charge is 0.481 e. The molecule has 3 N–H and O–H groups in total. The summed E-state index contributed by atoms with van der Waals surface area (Å²) in [5.41, 5.74) is 0.0489. The zero-order chi connectivity index (χ0) is 26.6. The Kier molecular flexibility index (Phi) is 10.7. The molecule has 1 aliphatic heterocycles. The quantitative estimate of drug-likeness (QED) is 0.310. The minimum Gasteiger partial charge on any atom is -0.481 e. The summed E-state index contributed by atoms with van der Waals surface area (Å²) in [5.74, 6) is -2.20. The van der Waals surface area contributed by atoms with Gasteiger partial charge in [0.05, 0.1) is 10.3 Å². The van der Waals surface area contributed by atoms with E-state index in [1.54, 1.807) is 24.3 Å². The van der Waals surface area contributed by atoms with Gasteiger partial charge in [-0.2, -0.15) is 0 Å². The van der Waals surface area contributed by atoms with Gasteiger partial charge in [-0.3, -0.25) is 19.7 Å². The van der Waals surface area contributed by atoms with E-state index in [2.05, 4.69) is 5.32 Å². The monoisotopic (exact) mass is 494 g/mol. The van der Waals surface area contributed by atoms with E-state index < -0.39 is 22.3 Å². The average molecular weight is 495 g/mol. The molecule has 2 aromatic rings. The minimum absolute atomic E-state index is 0.0189. The van der Waals surface area contributed by atoms with Gasteiger partial charge in [-0.1, -0.05) is 55.0 Å². The number of nitrogens with one attached hydrogen (secondary N) is 1. The first-order chi connectivity index (χ1) is 17.1. The Morgan fingerprint density at radius 3 is 1.94 bits per heavy atom. The third-order valence-corrected chi connectivity index (χ3v) is 5.67. The maximum Gasteiger partial charge on any atom is 0.331 e. The number of carbonyl (C=O) groups is 3. The van der Waals surface area contributed by atoms with Gasteiger partial charge in [0, 0.05) is 28.8 Å². The molecule has 9 nitrogen and oxygen atoms in total. The summed E-state index contributed by atoms with van der Waals surface area (Å²) in [4.78, 5) is 43.3. The van der Waals surface area contributed by atoms with Gasteiger partial charge in [0.25, 0.3) is 5.69 Å². The van der Waals surface area contributed by atoms with Gasteiger partial charge in [-0.05, 0) is 51.4 Å².